The summed E-state index contributed by atoms with van der Waals surface area (Å²) in [6, 6.07) is 13.0. The zero-order chi connectivity index (χ0) is 19.9. The Morgan fingerprint density at radius 1 is 1.18 bits per heavy atom. The largest absolute Gasteiger partial charge is 0.459 e. The lowest BCUT2D eigenvalue weighted by atomic mass is 10.2. The van der Waals surface area contributed by atoms with E-state index < -0.39 is 0 Å². The number of aromatic nitrogens is 2. The van der Waals surface area contributed by atoms with Gasteiger partial charge in [-0.2, -0.15) is 0 Å². The molecule has 8 heteroatoms. The van der Waals surface area contributed by atoms with E-state index >= 15 is 0 Å². The summed E-state index contributed by atoms with van der Waals surface area (Å²) in [5.41, 5.74) is 0.951. The Bertz CT molecular complexity index is 909. The Kier molecular flexibility index (Phi) is 6.54. The number of furan rings is 1. The maximum atomic E-state index is 12.6. The Morgan fingerprint density at radius 2 is 1.96 bits per heavy atom. The summed E-state index contributed by atoms with van der Waals surface area (Å²) in [6.07, 6.45) is 2.41. The molecular weight excluding hydrogens is 376 g/mol. The number of anilines is 1. The Hall–Kier alpha value is -3.00. The van der Waals surface area contributed by atoms with Gasteiger partial charge in [-0.05, 0) is 25.5 Å². The van der Waals surface area contributed by atoms with E-state index in [4.69, 9.17) is 4.42 Å². The molecule has 0 aliphatic carbocycles. The number of hydrogen-bond donors (Lipinski definition) is 1. The molecule has 1 unspecified atom stereocenters. The molecule has 1 aromatic carbocycles. The van der Waals surface area contributed by atoms with Crippen LogP contribution in [0.15, 0.2) is 53.1 Å². The molecular formula is C20H22N4O3S. The quantitative estimate of drug-likeness (QED) is 0.618. The van der Waals surface area contributed by atoms with Gasteiger partial charge in [0.2, 0.25) is 11.0 Å². The van der Waals surface area contributed by atoms with E-state index in [2.05, 4.69) is 15.5 Å². The molecule has 0 aliphatic heterocycles. The highest BCUT2D eigenvalue weighted by molar-refractivity contribution is 7.18. The molecule has 2 heterocycles. The fourth-order valence-corrected chi connectivity index (χ4v) is 3.42. The molecule has 2 amide bonds. The van der Waals surface area contributed by atoms with E-state index in [9.17, 15) is 9.59 Å². The molecule has 7 nitrogen and oxygen atoms in total. The predicted octanol–water partition coefficient (Wildman–Crippen LogP) is 4.07. The first-order valence-corrected chi connectivity index (χ1v) is 9.93. The molecule has 1 atom stereocenters. The average Bonchev–Trinajstić information content (AvgIpc) is 3.40. The highest BCUT2D eigenvalue weighted by Crippen LogP contribution is 2.26. The molecule has 28 heavy (non-hydrogen) atoms. The first-order chi connectivity index (χ1) is 13.6. The summed E-state index contributed by atoms with van der Waals surface area (Å²) in [5, 5.41) is 12.1. The van der Waals surface area contributed by atoms with Crippen LogP contribution in [0.2, 0.25) is 0 Å². The fraction of sp³-hybridized carbons (Fsp3) is 0.300. The summed E-state index contributed by atoms with van der Waals surface area (Å²) >= 11 is 1.31. The van der Waals surface area contributed by atoms with Crippen LogP contribution >= 0.6 is 11.3 Å². The van der Waals surface area contributed by atoms with Crippen molar-refractivity contribution in [2.75, 3.05) is 11.9 Å². The van der Waals surface area contributed by atoms with Crippen molar-refractivity contribution in [3.05, 3.63) is 54.5 Å². The van der Waals surface area contributed by atoms with Crippen LogP contribution in [0.25, 0.3) is 10.6 Å². The first-order valence-electron chi connectivity index (χ1n) is 9.11. The predicted molar refractivity (Wildman–Crippen MR) is 108 cm³/mol. The number of benzene rings is 1. The van der Waals surface area contributed by atoms with Gasteiger partial charge in [-0.1, -0.05) is 48.6 Å². The van der Waals surface area contributed by atoms with Crippen molar-refractivity contribution < 1.29 is 14.0 Å². The lowest BCUT2D eigenvalue weighted by Crippen LogP contribution is -2.40. The Balaban J connectivity index is 1.59. The summed E-state index contributed by atoms with van der Waals surface area (Å²) < 4.78 is 5.21. The normalized spacial score (nSPS) is 11.8. The molecule has 0 radical (unpaired) electrons. The van der Waals surface area contributed by atoms with Gasteiger partial charge in [0.25, 0.3) is 5.91 Å². The van der Waals surface area contributed by atoms with Crippen molar-refractivity contribution in [1.29, 1.82) is 0 Å². The molecule has 0 spiro atoms. The van der Waals surface area contributed by atoms with Gasteiger partial charge in [0.15, 0.2) is 5.76 Å². The van der Waals surface area contributed by atoms with Crippen LogP contribution in [0.4, 0.5) is 5.13 Å². The van der Waals surface area contributed by atoms with Gasteiger partial charge >= 0.3 is 0 Å². The van der Waals surface area contributed by atoms with Crippen molar-refractivity contribution in [2.45, 2.75) is 32.7 Å². The number of rotatable bonds is 8. The van der Waals surface area contributed by atoms with E-state index in [1.807, 2.05) is 44.2 Å². The van der Waals surface area contributed by atoms with Gasteiger partial charge in [0.05, 0.1) is 6.26 Å². The van der Waals surface area contributed by atoms with Crippen molar-refractivity contribution in [3.63, 3.8) is 0 Å². The molecule has 0 saturated heterocycles. The van der Waals surface area contributed by atoms with Crippen LogP contribution in [0.1, 0.15) is 37.2 Å². The third-order valence-electron chi connectivity index (χ3n) is 4.39. The van der Waals surface area contributed by atoms with Gasteiger partial charge < -0.3 is 14.6 Å². The molecule has 3 rings (SSSR count). The van der Waals surface area contributed by atoms with Crippen LogP contribution in [0, 0.1) is 0 Å². The number of carbonyl (C=O) groups is 2. The highest BCUT2D eigenvalue weighted by atomic mass is 32.1. The molecule has 3 aromatic rings. The molecule has 0 saturated carbocycles. The van der Waals surface area contributed by atoms with Crippen LogP contribution < -0.4 is 5.32 Å². The second-order valence-electron chi connectivity index (χ2n) is 6.31. The lowest BCUT2D eigenvalue weighted by Gasteiger charge is -2.27. The summed E-state index contributed by atoms with van der Waals surface area (Å²) in [4.78, 5) is 26.6. The fourth-order valence-electron chi connectivity index (χ4n) is 2.66. The molecule has 0 fully saturated rings. The van der Waals surface area contributed by atoms with Crippen molar-refractivity contribution in [1.82, 2.24) is 15.1 Å². The minimum atomic E-state index is -0.213. The van der Waals surface area contributed by atoms with E-state index in [0.717, 1.165) is 17.0 Å². The lowest BCUT2D eigenvalue weighted by molar-refractivity contribution is -0.116. The Morgan fingerprint density at radius 3 is 2.64 bits per heavy atom. The van der Waals surface area contributed by atoms with E-state index in [0.29, 0.717) is 11.7 Å². The standard InChI is InChI=1S/C20H22N4O3S/c1-3-14(2)24(19(26)16-10-7-13-27-16)12-11-17(25)21-20-23-22-18(28-20)15-8-5-4-6-9-15/h4-10,13-14H,3,11-12H2,1-2H3,(H,21,23,25). The zero-order valence-corrected chi connectivity index (χ0v) is 16.6. The summed E-state index contributed by atoms with van der Waals surface area (Å²) in [7, 11) is 0. The van der Waals surface area contributed by atoms with E-state index in [1.165, 1.54) is 17.6 Å². The molecule has 146 valence electrons. The van der Waals surface area contributed by atoms with Gasteiger partial charge in [0.1, 0.15) is 5.01 Å². The van der Waals surface area contributed by atoms with Crippen molar-refractivity contribution >= 4 is 28.3 Å². The zero-order valence-electron chi connectivity index (χ0n) is 15.8. The van der Waals surface area contributed by atoms with Crippen molar-refractivity contribution in [2.24, 2.45) is 0 Å². The third kappa shape index (κ3) is 4.83. The topological polar surface area (TPSA) is 88.3 Å². The molecule has 1 N–H and O–H groups in total. The van der Waals surface area contributed by atoms with E-state index in [-0.39, 0.29) is 30.0 Å². The number of carbonyl (C=O) groups excluding carboxylic acids is 2. The van der Waals surface area contributed by atoms with Gasteiger partial charge in [-0.15, -0.1) is 10.2 Å². The maximum absolute atomic E-state index is 12.6. The average molecular weight is 398 g/mol. The minimum Gasteiger partial charge on any atom is -0.459 e. The molecule has 0 bridgehead atoms. The highest BCUT2D eigenvalue weighted by Gasteiger charge is 2.23. The van der Waals surface area contributed by atoms with Crippen molar-refractivity contribution in [3.8, 4) is 10.6 Å². The van der Waals surface area contributed by atoms with Crippen LogP contribution in [0.5, 0.6) is 0 Å². The molecule has 2 aromatic heterocycles. The van der Waals surface area contributed by atoms with Crippen LogP contribution in [0.3, 0.4) is 0 Å². The van der Waals surface area contributed by atoms with Gasteiger partial charge in [-0.3, -0.25) is 9.59 Å². The van der Waals surface area contributed by atoms with Gasteiger partial charge in [0, 0.05) is 24.6 Å². The first kappa shape index (κ1) is 19.8. The Labute approximate surface area is 167 Å². The molecule has 0 aliphatic rings. The smallest absolute Gasteiger partial charge is 0.289 e. The number of hydrogen-bond acceptors (Lipinski definition) is 6. The summed E-state index contributed by atoms with van der Waals surface area (Å²) in [5.74, 6) is -0.150. The number of nitrogens with one attached hydrogen (secondary N) is 1. The second-order valence-corrected chi connectivity index (χ2v) is 7.29. The van der Waals surface area contributed by atoms with Crippen LogP contribution in [-0.4, -0.2) is 39.5 Å². The van der Waals surface area contributed by atoms with E-state index in [1.54, 1.807) is 17.0 Å². The minimum absolute atomic E-state index is 0.00314. The number of nitrogens with zero attached hydrogens (tertiary/aromatic N) is 3. The summed E-state index contributed by atoms with van der Waals surface area (Å²) in [6.45, 7) is 4.25. The van der Waals surface area contributed by atoms with Crippen LogP contribution in [-0.2, 0) is 4.79 Å². The number of amides is 2. The SMILES string of the molecule is CCC(C)N(CCC(=O)Nc1nnc(-c2ccccc2)s1)C(=O)c1ccco1. The van der Waals surface area contributed by atoms with Gasteiger partial charge in [-0.25, -0.2) is 0 Å². The second kappa shape index (κ2) is 9.27. The maximum Gasteiger partial charge on any atom is 0.289 e. The third-order valence-corrected chi connectivity index (χ3v) is 5.28. The monoisotopic (exact) mass is 398 g/mol.